The molecule has 4 aliphatic carbocycles. The van der Waals surface area contributed by atoms with E-state index in [4.69, 9.17) is 0 Å². The van der Waals surface area contributed by atoms with Crippen LogP contribution in [0.2, 0.25) is 0 Å². The molecule has 4 saturated carbocycles. The molecule has 2 aromatic rings. The van der Waals surface area contributed by atoms with Crippen LogP contribution in [-0.2, 0) is 6.54 Å². The number of nitrogens with one attached hydrogen (secondary N) is 1. The summed E-state index contributed by atoms with van der Waals surface area (Å²) in [5.74, 6) is 2.84. The van der Waals surface area contributed by atoms with Gasteiger partial charge in [-0.1, -0.05) is 0 Å². The largest absolute Gasteiger partial charge is 0.315 e. The van der Waals surface area contributed by atoms with Gasteiger partial charge in [-0.05, 0) is 61.7 Å². The van der Waals surface area contributed by atoms with Crippen molar-refractivity contribution >= 4 is 11.2 Å². The third kappa shape index (κ3) is 1.72. The summed E-state index contributed by atoms with van der Waals surface area (Å²) >= 11 is 0. The second-order valence-corrected chi connectivity index (χ2v) is 7.69. The van der Waals surface area contributed by atoms with Crippen LogP contribution in [0.1, 0.15) is 38.5 Å². The van der Waals surface area contributed by atoms with Crippen LogP contribution in [0, 0.1) is 23.2 Å². The van der Waals surface area contributed by atoms with Gasteiger partial charge in [0.15, 0.2) is 11.2 Å². The van der Waals surface area contributed by atoms with E-state index < -0.39 is 0 Å². The number of nitrogens with zero attached hydrogens (tertiary/aromatic N) is 3. The number of imidazole rings is 1. The summed E-state index contributed by atoms with van der Waals surface area (Å²) in [6.45, 7) is 0.990. The molecule has 5 heteroatoms. The van der Waals surface area contributed by atoms with Crippen molar-refractivity contribution in [2.24, 2.45) is 23.2 Å². The second kappa shape index (κ2) is 3.96. The number of hydrogen-bond acceptors (Lipinski definition) is 3. The molecule has 0 aromatic carbocycles. The van der Waals surface area contributed by atoms with E-state index in [0.717, 1.165) is 29.9 Å². The highest BCUT2D eigenvalue weighted by atomic mass is 16.1. The molecule has 0 saturated heterocycles. The highest BCUT2D eigenvalue weighted by Crippen LogP contribution is 2.60. The maximum absolute atomic E-state index is 11.8. The van der Waals surface area contributed by atoms with Gasteiger partial charge in [0.2, 0.25) is 0 Å². The van der Waals surface area contributed by atoms with Gasteiger partial charge in [0, 0.05) is 6.54 Å². The number of H-pyrrole nitrogens is 1. The van der Waals surface area contributed by atoms with Crippen LogP contribution in [0.25, 0.3) is 11.2 Å². The van der Waals surface area contributed by atoms with Gasteiger partial charge in [-0.15, -0.1) is 0 Å². The third-order valence-corrected chi connectivity index (χ3v) is 6.08. The molecule has 4 fully saturated rings. The van der Waals surface area contributed by atoms with Gasteiger partial charge in [0.05, 0.1) is 12.7 Å². The lowest BCUT2D eigenvalue weighted by Gasteiger charge is -2.57. The van der Waals surface area contributed by atoms with Gasteiger partial charge in [0.1, 0.15) is 0 Å². The van der Waals surface area contributed by atoms with E-state index in [1.165, 1.54) is 44.9 Å². The monoisotopic (exact) mass is 284 g/mol. The number of aromatic nitrogens is 4. The Morgan fingerprint density at radius 3 is 2.48 bits per heavy atom. The Balaban J connectivity index is 1.54. The van der Waals surface area contributed by atoms with Crippen LogP contribution in [0.5, 0.6) is 0 Å². The van der Waals surface area contributed by atoms with Crippen molar-refractivity contribution in [2.45, 2.75) is 45.1 Å². The first-order valence-electron chi connectivity index (χ1n) is 8.09. The molecule has 0 spiro atoms. The molecule has 0 radical (unpaired) electrons. The van der Waals surface area contributed by atoms with Crippen LogP contribution in [0.15, 0.2) is 17.4 Å². The fourth-order valence-corrected chi connectivity index (χ4v) is 5.85. The van der Waals surface area contributed by atoms with Gasteiger partial charge >= 0.3 is 0 Å². The topological polar surface area (TPSA) is 63.6 Å². The Bertz CT molecular complexity index is 724. The Hall–Kier alpha value is -1.65. The molecule has 2 heterocycles. The van der Waals surface area contributed by atoms with E-state index in [-0.39, 0.29) is 5.56 Å². The van der Waals surface area contributed by atoms with E-state index in [1.807, 2.05) is 6.33 Å². The van der Waals surface area contributed by atoms with Gasteiger partial charge in [-0.25, -0.2) is 9.97 Å². The van der Waals surface area contributed by atoms with Gasteiger partial charge in [-0.3, -0.25) is 4.79 Å². The molecule has 21 heavy (non-hydrogen) atoms. The smallest absolute Gasteiger partial charge is 0.278 e. The lowest BCUT2D eigenvalue weighted by Crippen LogP contribution is -2.47. The van der Waals surface area contributed by atoms with Crippen molar-refractivity contribution in [2.75, 3.05) is 0 Å². The SMILES string of the molecule is O=c1[nH]cnc2c1ncn2CC12CC3CC(CC(C3)C1)C2. The summed E-state index contributed by atoms with van der Waals surface area (Å²) in [5.41, 5.74) is 1.52. The highest BCUT2D eigenvalue weighted by molar-refractivity contribution is 5.68. The summed E-state index contributed by atoms with van der Waals surface area (Å²) in [7, 11) is 0. The molecule has 0 amide bonds. The molecule has 4 bridgehead atoms. The minimum atomic E-state index is -0.135. The molecule has 4 aliphatic rings. The van der Waals surface area contributed by atoms with Gasteiger partial charge < -0.3 is 9.55 Å². The Kier molecular flexibility index (Phi) is 2.25. The minimum absolute atomic E-state index is 0.135. The van der Waals surface area contributed by atoms with Crippen LogP contribution in [-0.4, -0.2) is 19.5 Å². The molecular formula is C16H20N4O. The normalized spacial score (nSPS) is 37.4. The predicted octanol–water partition coefficient (Wildman–Crippen LogP) is 2.34. The minimum Gasteiger partial charge on any atom is -0.315 e. The van der Waals surface area contributed by atoms with E-state index in [0.29, 0.717) is 10.9 Å². The summed E-state index contributed by atoms with van der Waals surface area (Å²) in [6.07, 6.45) is 11.8. The fourth-order valence-electron chi connectivity index (χ4n) is 5.85. The molecule has 6 rings (SSSR count). The van der Waals surface area contributed by atoms with Crippen molar-refractivity contribution in [3.8, 4) is 0 Å². The summed E-state index contributed by atoms with van der Waals surface area (Å²) in [6, 6.07) is 0. The van der Waals surface area contributed by atoms with E-state index >= 15 is 0 Å². The van der Waals surface area contributed by atoms with E-state index in [1.54, 1.807) is 0 Å². The number of hydrogen-bond donors (Lipinski definition) is 1. The summed E-state index contributed by atoms with van der Waals surface area (Å²) in [4.78, 5) is 23.0. The zero-order chi connectivity index (χ0) is 14.0. The Labute approximate surface area is 122 Å². The summed E-state index contributed by atoms with van der Waals surface area (Å²) in [5, 5.41) is 0. The number of fused-ring (bicyclic) bond motifs is 1. The molecule has 0 unspecified atom stereocenters. The number of rotatable bonds is 2. The third-order valence-electron chi connectivity index (χ3n) is 6.08. The van der Waals surface area contributed by atoms with Crippen molar-refractivity contribution < 1.29 is 0 Å². The van der Waals surface area contributed by atoms with Crippen molar-refractivity contribution in [3.63, 3.8) is 0 Å². The molecular weight excluding hydrogens is 264 g/mol. The second-order valence-electron chi connectivity index (χ2n) is 7.69. The molecule has 1 N–H and O–H groups in total. The van der Waals surface area contributed by atoms with Gasteiger partial charge in [-0.2, -0.15) is 0 Å². The zero-order valence-electron chi connectivity index (χ0n) is 12.1. The highest BCUT2D eigenvalue weighted by Gasteiger charge is 2.50. The van der Waals surface area contributed by atoms with Crippen LogP contribution < -0.4 is 5.56 Å². The predicted molar refractivity (Wildman–Crippen MR) is 78.8 cm³/mol. The number of aromatic amines is 1. The first kappa shape index (κ1) is 12.0. The van der Waals surface area contributed by atoms with Gasteiger partial charge in [0.25, 0.3) is 5.56 Å². The Morgan fingerprint density at radius 1 is 1.14 bits per heavy atom. The average molecular weight is 284 g/mol. The van der Waals surface area contributed by atoms with E-state index in [2.05, 4.69) is 19.5 Å². The van der Waals surface area contributed by atoms with E-state index in [9.17, 15) is 4.79 Å². The molecule has 0 atom stereocenters. The maximum Gasteiger partial charge on any atom is 0.278 e. The zero-order valence-corrected chi connectivity index (χ0v) is 12.1. The first-order valence-corrected chi connectivity index (χ1v) is 8.09. The molecule has 5 nitrogen and oxygen atoms in total. The van der Waals surface area contributed by atoms with Crippen LogP contribution in [0.3, 0.4) is 0 Å². The van der Waals surface area contributed by atoms with Crippen LogP contribution >= 0.6 is 0 Å². The molecule has 110 valence electrons. The molecule has 2 aromatic heterocycles. The lowest BCUT2D eigenvalue weighted by atomic mass is 9.49. The van der Waals surface area contributed by atoms with Crippen molar-refractivity contribution in [1.29, 1.82) is 0 Å². The maximum atomic E-state index is 11.8. The average Bonchev–Trinajstić information content (AvgIpc) is 2.81. The van der Waals surface area contributed by atoms with Crippen molar-refractivity contribution in [1.82, 2.24) is 19.5 Å². The standard InChI is InChI=1S/C16H20N4O/c21-15-13-14(17-8-18-15)20(9-19-13)7-16-4-10-1-11(5-16)3-12(2-10)6-16/h8-12H,1-7H2,(H,17,18,21). The Morgan fingerprint density at radius 2 is 1.81 bits per heavy atom. The summed E-state index contributed by atoms with van der Waals surface area (Å²) < 4.78 is 2.12. The molecule has 0 aliphatic heterocycles. The van der Waals surface area contributed by atoms with Crippen LogP contribution in [0.4, 0.5) is 0 Å². The first-order chi connectivity index (χ1) is 10.2. The fraction of sp³-hybridized carbons (Fsp3) is 0.688. The quantitative estimate of drug-likeness (QED) is 0.920. The van der Waals surface area contributed by atoms with Crippen molar-refractivity contribution in [3.05, 3.63) is 23.0 Å². The lowest BCUT2D eigenvalue weighted by molar-refractivity contribution is -0.0614.